The molecule has 0 aliphatic heterocycles. The third kappa shape index (κ3) is 4.20. The van der Waals surface area contributed by atoms with E-state index in [9.17, 15) is 0 Å². The molecule has 1 N–H and O–H groups in total. The van der Waals surface area contributed by atoms with Crippen molar-refractivity contribution < 1.29 is 4.74 Å². The Balaban J connectivity index is 1.57. The zero-order chi connectivity index (χ0) is 13.1. The summed E-state index contributed by atoms with van der Waals surface area (Å²) in [5.74, 6) is 1.19. The molecule has 0 bridgehead atoms. The second-order valence-corrected chi connectivity index (χ2v) is 6.29. The van der Waals surface area contributed by atoms with Gasteiger partial charge in [0.25, 0.3) is 0 Å². The van der Waals surface area contributed by atoms with Crippen molar-refractivity contribution in [2.75, 3.05) is 19.8 Å². The molecule has 1 aromatic rings. The molecule has 0 radical (unpaired) electrons. The fourth-order valence-electron chi connectivity index (χ4n) is 2.32. The van der Waals surface area contributed by atoms with E-state index in [1.54, 1.807) is 0 Å². The summed E-state index contributed by atoms with van der Waals surface area (Å²) in [5.41, 5.74) is 1.22. The minimum Gasteiger partial charge on any atom is -0.380 e. The van der Waals surface area contributed by atoms with Gasteiger partial charge in [0.15, 0.2) is 0 Å². The largest absolute Gasteiger partial charge is 0.380 e. The Labute approximate surface area is 120 Å². The van der Waals surface area contributed by atoms with E-state index >= 15 is 0 Å². The Morgan fingerprint density at radius 1 is 1.21 bits per heavy atom. The molecule has 1 aromatic carbocycles. The van der Waals surface area contributed by atoms with Crippen molar-refractivity contribution in [1.29, 1.82) is 0 Å². The van der Waals surface area contributed by atoms with Crippen LogP contribution in [0.3, 0.4) is 0 Å². The van der Waals surface area contributed by atoms with E-state index in [1.807, 2.05) is 12.1 Å². The fourth-order valence-corrected chi connectivity index (χ4v) is 2.61. The van der Waals surface area contributed by atoms with Crippen LogP contribution in [0.25, 0.3) is 0 Å². The summed E-state index contributed by atoms with van der Waals surface area (Å²) in [6.45, 7) is 2.67. The van der Waals surface area contributed by atoms with Crippen LogP contribution in [0, 0.1) is 5.92 Å². The average Bonchev–Trinajstić information content (AvgIpc) is 3.28. The predicted molar refractivity (Wildman–Crippen MR) is 78.8 cm³/mol. The zero-order valence-corrected chi connectivity index (χ0v) is 12.0. The number of ether oxygens (including phenoxy) is 1. The van der Waals surface area contributed by atoms with E-state index in [4.69, 9.17) is 16.3 Å². The van der Waals surface area contributed by atoms with Crippen molar-refractivity contribution in [3.63, 3.8) is 0 Å². The molecule has 0 spiro atoms. The normalized spacial score (nSPS) is 20.5. The lowest BCUT2D eigenvalue weighted by Crippen LogP contribution is -2.26. The number of hydrogen-bond donors (Lipinski definition) is 1. The van der Waals surface area contributed by atoms with E-state index in [0.29, 0.717) is 5.92 Å². The standard InChI is InChI=1S/C16H22ClNO/c17-16-4-2-1-3-15(16)13(9-18-14-7-8-14)11-19-10-12-5-6-12/h1-4,12-14,18H,5-11H2. The van der Waals surface area contributed by atoms with Crippen LogP contribution in [-0.2, 0) is 4.74 Å². The highest BCUT2D eigenvalue weighted by molar-refractivity contribution is 6.31. The Hall–Kier alpha value is -0.570. The molecule has 0 aromatic heterocycles. The summed E-state index contributed by atoms with van der Waals surface area (Å²) in [6, 6.07) is 8.88. The lowest BCUT2D eigenvalue weighted by atomic mass is 10.00. The van der Waals surface area contributed by atoms with Crippen molar-refractivity contribution >= 4 is 11.6 Å². The molecule has 1 unspecified atom stereocenters. The monoisotopic (exact) mass is 279 g/mol. The van der Waals surface area contributed by atoms with Gasteiger partial charge in [-0.25, -0.2) is 0 Å². The van der Waals surface area contributed by atoms with Crippen LogP contribution >= 0.6 is 11.6 Å². The van der Waals surface area contributed by atoms with E-state index in [-0.39, 0.29) is 0 Å². The van der Waals surface area contributed by atoms with Gasteiger partial charge in [0.05, 0.1) is 6.61 Å². The molecule has 3 rings (SSSR count). The molecule has 2 fully saturated rings. The van der Waals surface area contributed by atoms with Crippen molar-refractivity contribution in [3.8, 4) is 0 Å². The molecule has 1 atom stereocenters. The number of hydrogen-bond acceptors (Lipinski definition) is 2. The molecular formula is C16H22ClNO. The second kappa shape index (κ2) is 6.25. The summed E-state index contributed by atoms with van der Waals surface area (Å²) in [4.78, 5) is 0. The smallest absolute Gasteiger partial charge is 0.0547 e. The minimum atomic E-state index is 0.369. The fraction of sp³-hybridized carbons (Fsp3) is 0.625. The Morgan fingerprint density at radius 2 is 2.00 bits per heavy atom. The number of nitrogens with one attached hydrogen (secondary N) is 1. The Morgan fingerprint density at radius 3 is 2.68 bits per heavy atom. The second-order valence-electron chi connectivity index (χ2n) is 5.88. The van der Waals surface area contributed by atoms with Gasteiger partial charge >= 0.3 is 0 Å². The first-order chi connectivity index (χ1) is 9.33. The van der Waals surface area contributed by atoms with E-state index in [2.05, 4.69) is 17.4 Å². The maximum atomic E-state index is 6.32. The van der Waals surface area contributed by atoms with Gasteiger partial charge in [-0.2, -0.15) is 0 Å². The van der Waals surface area contributed by atoms with Gasteiger partial charge in [0.2, 0.25) is 0 Å². The number of benzene rings is 1. The summed E-state index contributed by atoms with van der Waals surface area (Å²) in [5, 5.41) is 4.46. The van der Waals surface area contributed by atoms with Gasteiger partial charge in [-0.3, -0.25) is 0 Å². The van der Waals surface area contributed by atoms with Gasteiger partial charge in [0, 0.05) is 30.1 Å². The highest BCUT2D eigenvalue weighted by Gasteiger charge is 2.25. The quantitative estimate of drug-likeness (QED) is 0.785. The van der Waals surface area contributed by atoms with Gasteiger partial charge < -0.3 is 10.1 Å². The lowest BCUT2D eigenvalue weighted by Gasteiger charge is -2.19. The van der Waals surface area contributed by atoms with Gasteiger partial charge in [-0.1, -0.05) is 29.8 Å². The highest BCUT2D eigenvalue weighted by atomic mass is 35.5. The van der Waals surface area contributed by atoms with Crippen LogP contribution in [-0.4, -0.2) is 25.8 Å². The Bertz CT molecular complexity index is 415. The molecule has 2 nitrogen and oxygen atoms in total. The molecule has 2 aliphatic rings. The van der Waals surface area contributed by atoms with Crippen LogP contribution in [0.2, 0.25) is 5.02 Å². The summed E-state index contributed by atoms with van der Waals surface area (Å²) in [6.07, 6.45) is 5.32. The first-order valence-electron chi connectivity index (χ1n) is 7.38. The third-order valence-electron chi connectivity index (χ3n) is 3.94. The zero-order valence-electron chi connectivity index (χ0n) is 11.3. The van der Waals surface area contributed by atoms with E-state index in [0.717, 1.165) is 36.7 Å². The molecule has 0 amide bonds. The summed E-state index contributed by atoms with van der Waals surface area (Å²) < 4.78 is 5.88. The molecule has 0 heterocycles. The maximum absolute atomic E-state index is 6.32. The predicted octanol–water partition coefficient (Wildman–Crippen LogP) is 3.60. The first-order valence-corrected chi connectivity index (χ1v) is 7.76. The molecule has 104 valence electrons. The summed E-state index contributed by atoms with van der Waals surface area (Å²) >= 11 is 6.32. The molecule has 0 saturated heterocycles. The van der Waals surface area contributed by atoms with E-state index in [1.165, 1.54) is 31.2 Å². The van der Waals surface area contributed by atoms with Crippen LogP contribution in [0.5, 0.6) is 0 Å². The third-order valence-corrected chi connectivity index (χ3v) is 4.29. The molecular weight excluding hydrogens is 258 g/mol. The molecule has 2 aliphatic carbocycles. The summed E-state index contributed by atoms with van der Waals surface area (Å²) in [7, 11) is 0. The van der Waals surface area contributed by atoms with Crippen LogP contribution in [0.4, 0.5) is 0 Å². The van der Waals surface area contributed by atoms with Gasteiger partial charge in [0.1, 0.15) is 0 Å². The topological polar surface area (TPSA) is 21.3 Å². The van der Waals surface area contributed by atoms with Crippen molar-refractivity contribution in [3.05, 3.63) is 34.9 Å². The van der Waals surface area contributed by atoms with Crippen molar-refractivity contribution in [2.45, 2.75) is 37.6 Å². The van der Waals surface area contributed by atoms with Gasteiger partial charge in [-0.05, 0) is 43.2 Å². The SMILES string of the molecule is Clc1ccccc1C(CNC1CC1)COCC1CC1. The number of halogens is 1. The van der Waals surface area contributed by atoms with Gasteiger partial charge in [-0.15, -0.1) is 0 Å². The van der Waals surface area contributed by atoms with E-state index < -0.39 is 0 Å². The van der Waals surface area contributed by atoms with Crippen LogP contribution in [0.15, 0.2) is 24.3 Å². The first kappa shape index (κ1) is 13.4. The molecule has 19 heavy (non-hydrogen) atoms. The van der Waals surface area contributed by atoms with Crippen molar-refractivity contribution in [2.24, 2.45) is 5.92 Å². The molecule has 3 heteroatoms. The number of rotatable bonds is 8. The Kier molecular flexibility index (Phi) is 4.42. The average molecular weight is 280 g/mol. The van der Waals surface area contributed by atoms with Crippen molar-refractivity contribution in [1.82, 2.24) is 5.32 Å². The van der Waals surface area contributed by atoms with Crippen LogP contribution < -0.4 is 5.32 Å². The minimum absolute atomic E-state index is 0.369. The maximum Gasteiger partial charge on any atom is 0.0547 e. The van der Waals surface area contributed by atoms with Crippen LogP contribution in [0.1, 0.15) is 37.2 Å². The molecule has 2 saturated carbocycles. The lowest BCUT2D eigenvalue weighted by molar-refractivity contribution is 0.110. The highest BCUT2D eigenvalue weighted by Crippen LogP contribution is 2.30.